The number of benzene rings is 1. The van der Waals surface area contributed by atoms with Crippen molar-refractivity contribution in [3.05, 3.63) is 27.8 Å². The van der Waals surface area contributed by atoms with Crippen LogP contribution in [0.15, 0.2) is 12.1 Å². The molecule has 3 aliphatic rings. The summed E-state index contributed by atoms with van der Waals surface area (Å²) in [5.74, 6) is 1.52. The van der Waals surface area contributed by atoms with Crippen LogP contribution in [0.25, 0.3) is 0 Å². The molecule has 1 aromatic rings. The first kappa shape index (κ1) is 20.9. The molecule has 4 rings (SSSR count). The van der Waals surface area contributed by atoms with Crippen LogP contribution in [0.3, 0.4) is 0 Å². The quantitative estimate of drug-likeness (QED) is 0.579. The first-order valence-electron chi connectivity index (χ1n) is 11.0. The number of amides is 1. The second-order valence-electron chi connectivity index (χ2n) is 9.17. The third kappa shape index (κ3) is 4.38. The Bertz CT molecular complexity index is 798. The van der Waals surface area contributed by atoms with Gasteiger partial charge >= 0.3 is 0 Å². The maximum atomic E-state index is 13.6. The number of nitro benzene ring substituents is 1. The molecule has 1 saturated carbocycles. The highest BCUT2D eigenvalue weighted by atomic mass is 16.7. The molecule has 0 bridgehead atoms. The molecule has 1 saturated heterocycles. The fourth-order valence-electron chi connectivity index (χ4n) is 5.28. The lowest BCUT2D eigenvalue weighted by Gasteiger charge is -2.40. The predicted molar refractivity (Wildman–Crippen MR) is 111 cm³/mol. The van der Waals surface area contributed by atoms with Crippen LogP contribution in [-0.2, 0) is 4.79 Å². The number of ether oxygens (including phenoxy) is 2. The number of carbonyl (C=O) groups excluding carboxylic acids is 1. The summed E-state index contributed by atoms with van der Waals surface area (Å²) in [6.45, 7) is 5.85. The summed E-state index contributed by atoms with van der Waals surface area (Å²) in [7, 11) is 0. The van der Waals surface area contributed by atoms with E-state index in [9.17, 15) is 14.9 Å². The van der Waals surface area contributed by atoms with Crippen molar-refractivity contribution >= 4 is 11.6 Å². The average Bonchev–Trinajstić information content (AvgIpc) is 3.15. The molecule has 8 nitrogen and oxygen atoms in total. The third-order valence-electron chi connectivity index (χ3n) is 6.48. The predicted octanol–water partition coefficient (Wildman–Crippen LogP) is 3.79. The zero-order valence-corrected chi connectivity index (χ0v) is 17.8. The van der Waals surface area contributed by atoms with E-state index in [0.29, 0.717) is 28.9 Å². The minimum atomic E-state index is -0.716. The van der Waals surface area contributed by atoms with E-state index in [4.69, 9.17) is 9.47 Å². The molecule has 1 aromatic carbocycles. The van der Waals surface area contributed by atoms with Gasteiger partial charge in [0.25, 0.3) is 5.69 Å². The number of carbonyl (C=O) groups is 1. The summed E-state index contributed by atoms with van der Waals surface area (Å²) < 4.78 is 10.8. The third-order valence-corrected chi connectivity index (χ3v) is 6.48. The molecule has 2 aliphatic heterocycles. The normalized spacial score (nSPS) is 25.7. The standard InChI is InChI=1S/C22H31N3O5/c1-14-8-15(2)12-24(11-14)21(22(26)23-16-6-4-3-5-7-16)17-9-19-20(30-13-29-19)10-18(17)25(27)28/h9-10,14-16,21H,3-8,11-13H2,1-2H3,(H,23,26)/t14-,15-,21+/m1/s1. The van der Waals surface area contributed by atoms with Gasteiger partial charge in [0.15, 0.2) is 11.5 Å². The van der Waals surface area contributed by atoms with Gasteiger partial charge in [-0.2, -0.15) is 0 Å². The lowest BCUT2D eigenvalue weighted by Crippen LogP contribution is -2.49. The number of hydrogen-bond acceptors (Lipinski definition) is 6. The van der Waals surface area contributed by atoms with Crippen molar-refractivity contribution in [2.75, 3.05) is 19.9 Å². The van der Waals surface area contributed by atoms with Crippen molar-refractivity contribution in [3.63, 3.8) is 0 Å². The molecule has 8 heteroatoms. The van der Waals surface area contributed by atoms with Crippen LogP contribution in [0.1, 0.15) is 64.0 Å². The Hall–Kier alpha value is -2.35. The van der Waals surface area contributed by atoms with Crippen LogP contribution in [0, 0.1) is 22.0 Å². The van der Waals surface area contributed by atoms with E-state index in [1.54, 1.807) is 6.07 Å². The number of piperidine rings is 1. The Morgan fingerprint density at radius 2 is 1.77 bits per heavy atom. The maximum absolute atomic E-state index is 13.6. The van der Waals surface area contributed by atoms with E-state index >= 15 is 0 Å². The fourth-order valence-corrected chi connectivity index (χ4v) is 5.28. The van der Waals surface area contributed by atoms with Crippen molar-refractivity contribution in [2.45, 2.75) is 64.5 Å². The van der Waals surface area contributed by atoms with Crippen molar-refractivity contribution in [1.82, 2.24) is 10.2 Å². The number of rotatable bonds is 5. The topological polar surface area (TPSA) is 93.9 Å². The van der Waals surface area contributed by atoms with E-state index in [-0.39, 0.29) is 24.4 Å². The summed E-state index contributed by atoms with van der Waals surface area (Å²) in [6, 6.07) is 2.46. The van der Waals surface area contributed by atoms with Crippen LogP contribution in [-0.4, -0.2) is 41.7 Å². The Kier molecular flexibility index (Phi) is 6.13. The van der Waals surface area contributed by atoms with Crippen molar-refractivity contribution in [2.24, 2.45) is 11.8 Å². The molecule has 0 unspecified atom stereocenters. The van der Waals surface area contributed by atoms with Gasteiger partial charge in [-0.05, 0) is 37.2 Å². The Labute approximate surface area is 177 Å². The minimum absolute atomic E-state index is 0.0344. The van der Waals surface area contributed by atoms with E-state index in [0.717, 1.165) is 45.2 Å². The number of likely N-dealkylation sites (tertiary alicyclic amines) is 1. The van der Waals surface area contributed by atoms with Crippen molar-refractivity contribution < 1.29 is 19.2 Å². The van der Waals surface area contributed by atoms with Gasteiger partial charge in [-0.1, -0.05) is 33.1 Å². The van der Waals surface area contributed by atoms with E-state index in [1.807, 2.05) is 0 Å². The van der Waals surface area contributed by atoms with Crippen molar-refractivity contribution in [3.8, 4) is 11.5 Å². The summed E-state index contributed by atoms with van der Waals surface area (Å²) >= 11 is 0. The number of hydrogen-bond donors (Lipinski definition) is 1. The molecule has 3 atom stereocenters. The second-order valence-corrected chi connectivity index (χ2v) is 9.17. The van der Waals surface area contributed by atoms with Gasteiger partial charge in [0.1, 0.15) is 6.04 Å². The van der Waals surface area contributed by atoms with Crippen LogP contribution >= 0.6 is 0 Å². The molecule has 2 fully saturated rings. The van der Waals surface area contributed by atoms with Gasteiger partial charge in [0, 0.05) is 19.1 Å². The van der Waals surface area contributed by atoms with Crippen LogP contribution in [0.2, 0.25) is 0 Å². The van der Waals surface area contributed by atoms with E-state index in [2.05, 4.69) is 24.1 Å². The Morgan fingerprint density at radius 3 is 2.40 bits per heavy atom. The maximum Gasteiger partial charge on any atom is 0.278 e. The van der Waals surface area contributed by atoms with Crippen molar-refractivity contribution in [1.29, 1.82) is 0 Å². The first-order chi connectivity index (χ1) is 14.4. The second kappa shape index (κ2) is 8.79. The molecule has 0 radical (unpaired) electrons. The zero-order chi connectivity index (χ0) is 21.3. The smallest absolute Gasteiger partial charge is 0.278 e. The van der Waals surface area contributed by atoms with Crippen LogP contribution in [0.4, 0.5) is 5.69 Å². The summed E-state index contributed by atoms with van der Waals surface area (Å²) in [4.78, 5) is 27.2. The van der Waals surface area contributed by atoms with Crippen LogP contribution < -0.4 is 14.8 Å². The number of nitrogens with zero attached hydrogens (tertiary/aromatic N) is 2. The molecular weight excluding hydrogens is 386 g/mol. The van der Waals surface area contributed by atoms with E-state index < -0.39 is 11.0 Å². The molecule has 30 heavy (non-hydrogen) atoms. The Morgan fingerprint density at radius 1 is 1.13 bits per heavy atom. The molecule has 0 aromatic heterocycles. The molecule has 1 N–H and O–H groups in total. The minimum Gasteiger partial charge on any atom is -0.454 e. The highest BCUT2D eigenvalue weighted by Gasteiger charge is 2.39. The first-order valence-corrected chi connectivity index (χ1v) is 11.0. The lowest BCUT2D eigenvalue weighted by molar-refractivity contribution is -0.386. The summed E-state index contributed by atoms with van der Waals surface area (Å²) in [5, 5.41) is 15.1. The molecule has 2 heterocycles. The van der Waals surface area contributed by atoms with Gasteiger partial charge in [-0.15, -0.1) is 0 Å². The largest absolute Gasteiger partial charge is 0.454 e. The average molecular weight is 418 g/mol. The van der Waals surface area contributed by atoms with Crippen LogP contribution in [0.5, 0.6) is 11.5 Å². The summed E-state index contributed by atoms with van der Waals surface area (Å²) in [5.41, 5.74) is 0.299. The highest BCUT2D eigenvalue weighted by molar-refractivity contribution is 5.85. The molecule has 0 spiro atoms. The lowest BCUT2D eigenvalue weighted by atomic mass is 9.88. The Balaban J connectivity index is 1.71. The van der Waals surface area contributed by atoms with Gasteiger partial charge < -0.3 is 14.8 Å². The highest BCUT2D eigenvalue weighted by Crippen LogP contribution is 2.42. The number of fused-ring (bicyclic) bond motifs is 1. The fraction of sp³-hybridized carbons (Fsp3) is 0.682. The van der Waals surface area contributed by atoms with Gasteiger partial charge in [0.2, 0.25) is 12.7 Å². The molecular formula is C22H31N3O5. The van der Waals surface area contributed by atoms with Gasteiger partial charge in [0.05, 0.1) is 16.6 Å². The molecule has 1 amide bonds. The van der Waals surface area contributed by atoms with E-state index in [1.165, 1.54) is 12.5 Å². The SMILES string of the molecule is C[C@@H]1C[C@@H](C)CN([C@H](C(=O)NC2CCCCC2)c2cc3c(cc2[N+](=O)[O-])OCO3)C1. The monoisotopic (exact) mass is 417 g/mol. The number of nitro groups is 1. The zero-order valence-electron chi connectivity index (χ0n) is 17.8. The van der Waals surface area contributed by atoms with Gasteiger partial charge in [-0.3, -0.25) is 19.8 Å². The van der Waals surface area contributed by atoms with Gasteiger partial charge in [-0.25, -0.2) is 0 Å². The molecule has 164 valence electrons. The molecule has 1 aliphatic carbocycles. The number of nitrogens with one attached hydrogen (secondary N) is 1. The summed E-state index contributed by atoms with van der Waals surface area (Å²) in [6.07, 6.45) is 6.44.